The lowest BCUT2D eigenvalue weighted by molar-refractivity contribution is -0.120. The van der Waals surface area contributed by atoms with Crippen LogP contribution in [0, 0.1) is 26.7 Å². The molecule has 1 amide bonds. The largest absolute Gasteiger partial charge is 0.320 e. The molecule has 1 aromatic heterocycles. The van der Waals surface area contributed by atoms with Crippen LogP contribution in [-0.2, 0) is 21.9 Å². The molecule has 0 bridgehead atoms. The van der Waals surface area contributed by atoms with Crippen molar-refractivity contribution >= 4 is 21.6 Å². The quantitative estimate of drug-likeness (QED) is 0.605. The second kappa shape index (κ2) is 9.23. The molecule has 0 saturated carbocycles. The van der Waals surface area contributed by atoms with E-state index >= 15 is 0 Å². The molecule has 1 fully saturated rings. The predicted octanol–water partition coefficient (Wildman–Crippen LogP) is 3.14. The molecule has 0 radical (unpaired) electrons. The van der Waals surface area contributed by atoms with E-state index in [1.165, 1.54) is 8.99 Å². The van der Waals surface area contributed by atoms with Gasteiger partial charge in [0.25, 0.3) is 5.56 Å². The maximum absolute atomic E-state index is 13.2. The maximum atomic E-state index is 13.2. The number of aryl methyl sites for hydroxylation is 2. The molecule has 1 aliphatic heterocycles. The minimum atomic E-state index is -3.71. The van der Waals surface area contributed by atoms with Gasteiger partial charge in [0, 0.05) is 20.1 Å². The highest BCUT2D eigenvalue weighted by Gasteiger charge is 2.34. The Hall–Kier alpha value is -3.17. The third-order valence-electron chi connectivity index (χ3n) is 6.67. The maximum Gasteiger partial charge on any atom is 0.295 e. The Bertz CT molecular complexity index is 1390. The normalized spacial score (nSPS) is 17.0. The van der Waals surface area contributed by atoms with E-state index in [9.17, 15) is 18.0 Å². The topological polar surface area (TPSA) is 93.4 Å². The molecule has 0 aliphatic carbocycles. The molecule has 2 heterocycles. The number of carbonyl (C=O) groups is 1. The van der Waals surface area contributed by atoms with Crippen LogP contribution in [0.1, 0.15) is 29.7 Å². The van der Waals surface area contributed by atoms with E-state index in [-0.39, 0.29) is 28.6 Å². The van der Waals surface area contributed by atoms with Crippen molar-refractivity contribution in [2.45, 2.75) is 38.5 Å². The van der Waals surface area contributed by atoms with Crippen molar-refractivity contribution < 1.29 is 13.2 Å². The molecule has 2 aromatic carbocycles. The van der Waals surface area contributed by atoms with Crippen molar-refractivity contribution in [3.8, 4) is 5.69 Å². The highest BCUT2D eigenvalue weighted by Crippen LogP contribution is 2.26. The van der Waals surface area contributed by atoms with E-state index in [0.29, 0.717) is 30.8 Å². The predicted molar refractivity (Wildman–Crippen MR) is 132 cm³/mol. The van der Waals surface area contributed by atoms with Crippen molar-refractivity contribution in [2.75, 3.05) is 18.4 Å². The van der Waals surface area contributed by atoms with E-state index in [2.05, 4.69) is 5.32 Å². The first-order chi connectivity index (χ1) is 16.1. The average Bonchev–Trinajstić information content (AvgIpc) is 3.04. The van der Waals surface area contributed by atoms with Gasteiger partial charge in [-0.25, -0.2) is 13.1 Å². The van der Waals surface area contributed by atoms with Crippen LogP contribution in [0.4, 0.5) is 5.69 Å². The highest BCUT2D eigenvalue weighted by atomic mass is 32.2. The van der Waals surface area contributed by atoms with Crippen molar-refractivity contribution in [3.05, 3.63) is 75.7 Å². The minimum absolute atomic E-state index is 0.0832. The average molecular weight is 483 g/mol. The number of nitrogens with zero attached hydrogens (tertiary/aromatic N) is 3. The Balaban J connectivity index is 1.56. The molecule has 4 rings (SSSR count). The highest BCUT2D eigenvalue weighted by molar-refractivity contribution is 7.89. The summed E-state index contributed by atoms with van der Waals surface area (Å²) in [5.41, 5.74) is 3.14. The Labute approximate surface area is 199 Å². The molecule has 1 aliphatic rings. The first-order valence-electron chi connectivity index (χ1n) is 11.3. The summed E-state index contributed by atoms with van der Waals surface area (Å²) in [5.74, 6) is -0.884. The number of nitrogens with one attached hydrogen (secondary N) is 1. The Morgan fingerprint density at radius 2 is 1.74 bits per heavy atom. The molecule has 1 saturated heterocycles. The van der Waals surface area contributed by atoms with Gasteiger partial charge in [0.15, 0.2) is 0 Å². The second-order valence-electron chi connectivity index (χ2n) is 8.87. The van der Waals surface area contributed by atoms with Crippen LogP contribution in [-0.4, -0.2) is 41.1 Å². The zero-order chi connectivity index (χ0) is 24.6. The lowest BCUT2D eigenvalue weighted by atomic mass is 9.99. The number of piperidine rings is 1. The fraction of sp³-hybridized carbons (Fsp3) is 0.360. The molecule has 1 unspecified atom stereocenters. The molecule has 0 spiro atoms. The molecule has 1 atom stereocenters. The fourth-order valence-electron chi connectivity index (χ4n) is 4.34. The van der Waals surface area contributed by atoms with Gasteiger partial charge in [-0.15, -0.1) is 0 Å². The van der Waals surface area contributed by atoms with Gasteiger partial charge in [-0.3, -0.25) is 14.3 Å². The number of sulfonamides is 1. The Morgan fingerprint density at radius 3 is 2.41 bits per heavy atom. The van der Waals surface area contributed by atoms with Crippen LogP contribution < -0.4 is 10.9 Å². The number of para-hydroxylation sites is 1. The first kappa shape index (κ1) is 24.0. The smallest absolute Gasteiger partial charge is 0.295 e. The van der Waals surface area contributed by atoms with Crippen LogP contribution in [0.3, 0.4) is 0 Å². The van der Waals surface area contributed by atoms with Crippen molar-refractivity contribution in [2.24, 2.45) is 13.0 Å². The third-order valence-corrected chi connectivity index (χ3v) is 8.53. The molecule has 34 heavy (non-hydrogen) atoms. The number of carbonyl (C=O) groups excluding carboxylic acids is 1. The summed E-state index contributed by atoms with van der Waals surface area (Å²) < 4.78 is 31.0. The second-order valence-corrected chi connectivity index (χ2v) is 10.8. The van der Waals surface area contributed by atoms with Gasteiger partial charge in [-0.1, -0.05) is 24.3 Å². The van der Waals surface area contributed by atoms with Crippen LogP contribution in [0.2, 0.25) is 0 Å². The fourth-order valence-corrected chi connectivity index (χ4v) is 5.95. The van der Waals surface area contributed by atoms with Crippen molar-refractivity contribution in [1.29, 1.82) is 0 Å². The van der Waals surface area contributed by atoms with Gasteiger partial charge in [0.05, 0.1) is 22.2 Å². The molecule has 3 aromatic rings. The third kappa shape index (κ3) is 4.33. The van der Waals surface area contributed by atoms with Gasteiger partial charge in [0.1, 0.15) is 5.69 Å². The van der Waals surface area contributed by atoms with Gasteiger partial charge < -0.3 is 5.32 Å². The first-order valence-corrected chi connectivity index (χ1v) is 12.8. The van der Waals surface area contributed by atoms with E-state index < -0.39 is 15.9 Å². The lowest BCUT2D eigenvalue weighted by Gasteiger charge is -2.31. The molecule has 1 N–H and O–H groups in total. The zero-order valence-corrected chi connectivity index (χ0v) is 20.7. The standard InChI is InChI=1S/C25H30N4O4S/c1-17-12-13-22(15-18(17)2)34(32,33)28-14-8-9-20(16-28)24(30)26-23-19(3)27(4)29(25(23)31)21-10-6-5-7-11-21/h5-7,10-13,15,20H,8-9,14,16H2,1-4H3,(H,26,30). The number of rotatable bonds is 5. The van der Waals surface area contributed by atoms with Crippen LogP contribution in [0.15, 0.2) is 58.2 Å². The Kier molecular flexibility index (Phi) is 6.51. The monoisotopic (exact) mass is 482 g/mol. The summed E-state index contributed by atoms with van der Waals surface area (Å²) in [6, 6.07) is 14.3. The molecule has 8 nitrogen and oxygen atoms in total. The molecule has 9 heteroatoms. The van der Waals surface area contributed by atoms with E-state index in [1.54, 1.807) is 36.9 Å². The van der Waals surface area contributed by atoms with Gasteiger partial charge >= 0.3 is 0 Å². The van der Waals surface area contributed by atoms with Crippen LogP contribution in [0.5, 0.6) is 0 Å². The van der Waals surface area contributed by atoms with Gasteiger partial charge in [-0.2, -0.15) is 4.31 Å². The van der Waals surface area contributed by atoms with Gasteiger partial charge in [0.2, 0.25) is 15.9 Å². The minimum Gasteiger partial charge on any atom is -0.320 e. The summed E-state index contributed by atoms with van der Waals surface area (Å²) >= 11 is 0. The van der Waals surface area contributed by atoms with Crippen LogP contribution in [0.25, 0.3) is 5.69 Å². The van der Waals surface area contributed by atoms with Gasteiger partial charge in [-0.05, 0) is 69.0 Å². The number of aromatic nitrogens is 2. The summed E-state index contributed by atoms with van der Waals surface area (Å²) in [5, 5.41) is 2.79. The molecule has 180 valence electrons. The summed E-state index contributed by atoms with van der Waals surface area (Å²) in [7, 11) is -1.95. The number of benzene rings is 2. The van der Waals surface area contributed by atoms with E-state index in [1.807, 2.05) is 44.2 Å². The summed E-state index contributed by atoms with van der Waals surface area (Å²) in [6.07, 6.45) is 1.13. The molecular weight excluding hydrogens is 452 g/mol. The Morgan fingerprint density at radius 1 is 1.03 bits per heavy atom. The number of hydrogen-bond acceptors (Lipinski definition) is 4. The van der Waals surface area contributed by atoms with Crippen molar-refractivity contribution in [1.82, 2.24) is 13.7 Å². The van der Waals surface area contributed by atoms with Crippen molar-refractivity contribution in [3.63, 3.8) is 0 Å². The molecular formula is C25H30N4O4S. The lowest BCUT2D eigenvalue weighted by Crippen LogP contribution is -2.44. The number of hydrogen-bond donors (Lipinski definition) is 1. The van der Waals surface area contributed by atoms with E-state index in [4.69, 9.17) is 0 Å². The summed E-state index contributed by atoms with van der Waals surface area (Å²) in [4.78, 5) is 26.5. The zero-order valence-electron chi connectivity index (χ0n) is 19.9. The van der Waals surface area contributed by atoms with E-state index in [0.717, 1.165) is 11.1 Å². The SMILES string of the molecule is Cc1ccc(S(=O)(=O)N2CCCC(C(=O)Nc3c(C)n(C)n(-c4ccccc4)c3=O)C2)cc1C. The van der Waals surface area contributed by atoms with Crippen LogP contribution >= 0.6 is 0 Å². The number of anilines is 1. The number of amides is 1. The summed E-state index contributed by atoms with van der Waals surface area (Å²) in [6.45, 7) is 6.04.